The normalized spacial score (nSPS) is 10.7. The molecule has 0 aliphatic heterocycles. The summed E-state index contributed by atoms with van der Waals surface area (Å²) in [6, 6.07) is 13.6. The molecule has 0 spiro atoms. The Labute approximate surface area is 182 Å². The molecule has 0 radical (unpaired) electrons. The van der Waals surface area contributed by atoms with Crippen molar-refractivity contribution in [1.82, 2.24) is 9.78 Å². The van der Waals surface area contributed by atoms with E-state index in [1.54, 1.807) is 36.4 Å². The van der Waals surface area contributed by atoms with Crippen molar-refractivity contribution in [2.75, 3.05) is 23.8 Å². The van der Waals surface area contributed by atoms with Crippen LogP contribution in [0.2, 0.25) is 0 Å². The van der Waals surface area contributed by atoms with E-state index in [-0.39, 0.29) is 11.5 Å². The van der Waals surface area contributed by atoms with Gasteiger partial charge in [-0.1, -0.05) is 18.2 Å². The Hall–Kier alpha value is -3.61. The molecule has 2 N–H and O–H groups in total. The van der Waals surface area contributed by atoms with Crippen LogP contribution in [0.3, 0.4) is 0 Å². The Morgan fingerprint density at radius 1 is 1.10 bits per heavy atom. The van der Waals surface area contributed by atoms with E-state index in [4.69, 9.17) is 0 Å². The van der Waals surface area contributed by atoms with Crippen molar-refractivity contribution in [3.63, 3.8) is 0 Å². The first-order chi connectivity index (χ1) is 14.8. The fourth-order valence-corrected chi connectivity index (χ4v) is 3.69. The Balaban J connectivity index is 1.84. The average Bonchev–Trinajstić information content (AvgIpc) is 3.05. The van der Waals surface area contributed by atoms with Crippen molar-refractivity contribution in [3.8, 4) is 0 Å². The van der Waals surface area contributed by atoms with Gasteiger partial charge in [-0.3, -0.25) is 9.48 Å². The second kappa shape index (κ2) is 9.47. The van der Waals surface area contributed by atoms with Crippen molar-refractivity contribution in [2.24, 2.45) is 0 Å². The van der Waals surface area contributed by atoms with Crippen molar-refractivity contribution < 1.29 is 14.7 Å². The lowest BCUT2D eigenvalue weighted by atomic mass is 10.1. The number of carbonyl (C=O) groups is 2. The van der Waals surface area contributed by atoms with Gasteiger partial charge in [-0.25, -0.2) is 4.79 Å². The number of benzene rings is 2. The Kier molecular flexibility index (Phi) is 6.74. The van der Waals surface area contributed by atoms with Crippen LogP contribution in [0.25, 0.3) is 0 Å². The van der Waals surface area contributed by atoms with Gasteiger partial charge in [-0.2, -0.15) is 5.10 Å². The van der Waals surface area contributed by atoms with Gasteiger partial charge in [0.05, 0.1) is 22.6 Å². The number of aryl methyl sites for hydroxylation is 2. The second-order valence-electron chi connectivity index (χ2n) is 7.49. The molecule has 3 aromatic rings. The van der Waals surface area contributed by atoms with E-state index in [1.165, 1.54) is 11.6 Å². The summed E-state index contributed by atoms with van der Waals surface area (Å²) >= 11 is 0. The maximum Gasteiger partial charge on any atom is 0.335 e. The molecule has 0 aliphatic rings. The molecule has 7 nitrogen and oxygen atoms in total. The van der Waals surface area contributed by atoms with Gasteiger partial charge < -0.3 is 15.3 Å². The lowest BCUT2D eigenvalue weighted by Crippen LogP contribution is -2.23. The highest BCUT2D eigenvalue weighted by atomic mass is 16.4. The predicted molar refractivity (Wildman–Crippen MR) is 122 cm³/mol. The summed E-state index contributed by atoms with van der Waals surface area (Å²) in [7, 11) is 1.93. The Bertz CT molecular complexity index is 1090. The van der Waals surface area contributed by atoms with Crippen LogP contribution in [0.4, 0.5) is 11.4 Å². The number of rotatable bonds is 8. The van der Waals surface area contributed by atoms with Crippen molar-refractivity contribution in [1.29, 1.82) is 0 Å². The molecule has 0 fully saturated rings. The van der Waals surface area contributed by atoms with Gasteiger partial charge in [0.1, 0.15) is 0 Å². The third-order valence-corrected chi connectivity index (χ3v) is 5.47. The quantitative estimate of drug-likeness (QED) is 0.572. The lowest BCUT2D eigenvalue weighted by Gasteiger charge is -2.23. The molecule has 31 heavy (non-hydrogen) atoms. The number of likely N-dealkylation sites (N-methyl/N-ethyl adjacent to an activating group) is 1. The molecule has 1 heterocycles. The minimum Gasteiger partial charge on any atom is -0.478 e. The van der Waals surface area contributed by atoms with Crippen molar-refractivity contribution >= 4 is 23.3 Å². The van der Waals surface area contributed by atoms with Crippen LogP contribution < -0.4 is 10.2 Å². The number of aromatic carboxylic acids is 1. The molecule has 7 heteroatoms. The van der Waals surface area contributed by atoms with Gasteiger partial charge in [-0.15, -0.1) is 0 Å². The van der Waals surface area contributed by atoms with E-state index in [2.05, 4.69) is 24.3 Å². The van der Waals surface area contributed by atoms with Crippen LogP contribution >= 0.6 is 0 Å². The van der Waals surface area contributed by atoms with Crippen molar-refractivity contribution in [2.45, 2.75) is 33.7 Å². The number of anilines is 2. The fraction of sp³-hybridized carbons (Fsp3) is 0.292. The molecule has 0 atom stereocenters. The lowest BCUT2D eigenvalue weighted by molar-refractivity contribution is 0.0696. The van der Waals surface area contributed by atoms with Gasteiger partial charge in [0.15, 0.2) is 0 Å². The number of hydrogen-bond acceptors (Lipinski definition) is 4. The number of nitrogens with one attached hydrogen (secondary N) is 1. The van der Waals surface area contributed by atoms with Crippen LogP contribution in [0, 0.1) is 13.8 Å². The molecular weight excluding hydrogens is 392 g/mol. The molecule has 3 rings (SSSR count). The maximum atomic E-state index is 12.7. The maximum absolute atomic E-state index is 12.7. The van der Waals surface area contributed by atoms with Gasteiger partial charge >= 0.3 is 5.97 Å². The molecule has 0 unspecified atom stereocenters. The highest BCUT2D eigenvalue weighted by molar-refractivity contribution is 6.06. The Morgan fingerprint density at radius 3 is 2.42 bits per heavy atom. The zero-order valence-electron chi connectivity index (χ0n) is 18.3. The summed E-state index contributed by atoms with van der Waals surface area (Å²) < 4.78 is 2.00. The van der Waals surface area contributed by atoms with Crippen LogP contribution in [-0.4, -0.2) is 40.4 Å². The highest BCUT2D eigenvalue weighted by Gasteiger charge is 2.16. The topological polar surface area (TPSA) is 87.5 Å². The van der Waals surface area contributed by atoms with E-state index in [9.17, 15) is 14.7 Å². The van der Waals surface area contributed by atoms with Gasteiger partial charge in [0.2, 0.25) is 0 Å². The fourth-order valence-electron chi connectivity index (χ4n) is 3.69. The van der Waals surface area contributed by atoms with Crippen LogP contribution in [0.1, 0.15) is 44.6 Å². The molecule has 0 aliphatic carbocycles. The number of amides is 1. The summed E-state index contributed by atoms with van der Waals surface area (Å²) in [5, 5.41) is 16.8. The number of nitrogens with zero attached hydrogens (tertiary/aromatic N) is 3. The molecule has 1 aromatic heterocycles. The summed E-state index contributed by atoms with van der Waals surface area (Å²) in [5.74, 6) is -1.32. The number of carboxylic acid groups (broad SMARTS) is 1. The van der Waals surface area contributed by atoms with Crippen LogP contribution in [0.15, 0.2) is 48.5 Å². The second-order valence-corrected chi connectivity index (χ2v) is 7.49. The summed E-state index contributed by atoms with van der Waals surface area (Å²) in [6.45, 7) is 7.68. The monoisotopic (exact) mass is 420 g/mol. The smallest absolute Gasteiger partial charge is 0.335 e. The third kappa shape index (κ3) is 4.94. The van der Waals surface area contributed by atoms with E-state index < -0.39 is 5.97 Å². The number of hydrogen-bond donors (Lipinski definition) is 2. The first kappa shape index (κ1) is 22.1. The number of carbonyl (C=O) groups excluding carboxylic acids is 1. The minimum atomic E-state index is -1.04. The minimum absolute atomic E-state index is 0.122. The molecule has 2 aromatic carbocycles. The predicted octanol–water partition coefficient (Wildman–Crippen LogP) is 4.15. The van der Waals surface area contributed by atoms with Gasteiger partial charge in [0.25, 0.3) is 5.91 Å². The summed E-state index contributed by atoms with van der Waals surface area (Å²) in [5.41, 5.74) is 5.25. The van der Waals surface area contributed by atoms with E-state index in [0.717, 1.165) is 30.0 Å². The first-order valence-electron chi connectivity index (χ1n) is 10.3. The summed E-state index contributed by atoms with van der Waals surface area (Å²) in [4.78, 5) is 26.2. The molecule has 162 valence electrons. The molecule has 1 amide bonds. The molecule has 0 saturated carbocycles. The SMILES string of the molecule is CCn1nc(C)c(CCN(C)c2ccc(C(=O)O)cc2NC(=O)c2ccccc2)c1C. The largest absolute Gasteiger partial charge is 0.478 e. The van der Waals surface area contributed by atoms with Crippen LogP contribution in [0.5, 0.6) is 0 Å². The molecule has 0 bridgehead atoms. The van der Waals surface area contributed by atoms with Crippen molar-refractivity contribution in [3.05, 3.63) is 76.6 Å². The standard InChI is InChI=1S/C24H28N4O3/c1-5-28-17(3)20(16(2)26-28)13-14-27(4)22-12-11-19(24(30)31)15-21(22)25-23(29)18-9-7-6-8-10-18/h6-12,15H,5,13-14H2,1-4H3,(H,25,29)(H,30,31). The number of aromatic nitrogens is 2. The van der Waals surface area contributed by atoms with E-state index in [1.807, 2.05) is 29.6 Å². The number of carboxylic acids is 1. The summed E-state index contributed by atoms with van der Waals surface area (Å²) in [6.07, 6.45) is 0.793. The average molecular weight is 421 g/mol. The van der Waals surface area contributed by atoms with Gasteiger partial charge in [-0.05, 0) is 63.1 Å². The van der Waals surface area contributed by atoms with E-state index in [0.29, 0.717) is 17.8 Å². The zero-order chi connectivity index (χ0) is 22.5. The van der Waals surface area contributed by atoms with Crippen LogP contribution in [-0.2, 0) is 13.0 Å². The molecular formula is C24H28N4O3. The third-order valence-electron chi connectivity index (χ3n) is 5.47. The first-order valence-corrected chi connectivity index (χ1v) is 10.3. The Morgan fingerprint density at radius 2 is 1.81 bits per heavy atom. The zero-order valence-corrected chi connectivity index (χ0v) is 18.3. The highest BCUT2D eigenvalue weighted by Crippen LogP contribution is 2.28. The molecule has 0 saturated heterocycles. The van der Waals surface area contributed by atoms with E-state index >= 15 is 0 Å². The van der Waals surface area contributed by atoms with Gasteiger partial charge in [0, 0.05) is 31.4 Å².